The van der Waals surface area contributed by atoms with Gasteiger partial charge in [0.15, 0.2) is 18.9 Å². The molecular weight excluding hydrogens is 670 g/mol. The van der Waals surface area contributed by atoms with Gasteiger partial charge in [0, 0.05) is 38.6 Å². The first kappa shape index (κ1) is 41.5. The second-order valence-electron chi connectivity index (χ2n) is 13.3. The average molecular weight is 728 g/mol. The number of nitrogens with zero attached hydrogens (tertiary/aromatic N) is 1. The number of carbonyl (C=O) groups is 1. The third-order valence-corrected chi connectivity index (χ3v) is 9.69. The number of carbonyl (C=O) groups excluding carboxylic acids is 1. The smallest absolute Gasteiger partial charge is 0.246 e. The van der Waals surface area contributed by atoms with Gasteiger partial charge in [-0.15, -0.1) is 0 Å². The highest BCUT2D eigenvalue weighted by Crippen LogP contribution is 2.37. The van der Waals surface area contributed by atoms with Crippen LogP contribution < -0.4 is 34.0 Å². The van der Waals surface area contributed by atoms with Gasteiger partial charge in [-0.05, 0) is 25.2 Å². The molecule has 1 saturated carbocycles. The third-order valence-electron chi connectivity index (χ3n) is 9.69. The number of aliphatic hydroxyl groups is 6. The minimum absolute atomic E-state index is 0.00414. The van der Waals surface area contributed by atoms with E-state index in [2.05, 4.69) is 5.32 Å². The first-order valence-corrected chi connectivity index (χ1v) is 17.1. The lowest BCUT2D eigenvalue weighted by Crippen LogP contribution is -2.64. The summed E-state index contributed by atoms with van der Waals surface area (Å²) in [6, 6.07) is -2.72. The Balaban J connectivity index is 1.54. The monoisotopic (exact) mass is 727 g/mol. The first-order valence-electron chi connectivity index (χ1n) is 17.1. The van der Waals surface area contributed by atoms with E-state index in [0.717, 1.165) is 0 Å². The molecule has 17 atom stereocenters. The minimum Gasteiger partial charge on any atom is -0.395 e. The van der Waals surface area contributed by atoms with Crippen LogP contribution in [0.1, 0.15) is 25.7 Å². The summed E-state index contributed by atoms with van der Waals surface area (Å²) in [4.78, 5) is 12.7. The number of amides is 1. The second kappa shape index (κ2) is 19.2. The van der Waals surface area contributed by atoms with Crippen LogP contribution in [0.3, 0.4) is 0 Å². The maximum Gasteiger partial charge on any atom is 0.246 e. The Morgan fingerprint density at radius 2 is 1.48 bits per heavy atom. The molecule has 21 nitrogen and oxygen atoms in total. The van der Waals surface area contributed by atoms with Crippen molar-refractivity contribution in [2.45, 2.75) is 124 Å². The number of nitrogens with one attached hydrogen (secondary N) is 1. The molecular formula is C29H57N7O14. The highest BCUT2D eigenvalue weighted by atomic mass is 16.8. The van der Waals surface area contributed by atoms with Crippen molar-refractivity contribution in [1.29, 1.82) is 0 Å². The lowest BCUT2D eigenvalue weighted by atomic mass is 9.77. The van der Waals surface area contributed by atoms with Crippen molar-refractivity contribution in [3.63, 3.8) is 0 Å². The molecule has 1 amide bonds. The molecule has 3 heterocycles. The molecule has 3 aliphatic heterocycles. The van der Waals surface area contributed by atoms with Crippen LogP contribution in [-0.2, 0) is 33.2 Å². The minimum atomic E-state index is -1.64. The number of aliphatic hydroxyl groups excluding tert-OH is 6. The maximum absolute atomic E-state index is 12.7. The number of rotatable bonds is 16. The van der Waals surface area contributed by atoms with Gasteiger partial charge in [-0.1, -0.05) is 0 Å². The molecule has 4 aliphatic rings. The van der Waals surface area contributed by atoms with Crippen LogP contribution in [-0.4, -0.2) is 191 Å². The van der Waals surface area contributed by atoms with Crippen LogP contribution in [0.25, 0.3) is 0 Å². The van der Waals surface area contributed by atoms with E-state index in [1.54, 1.807) is 0 Å². The Bertz CT molecular complexity index is 1040. The van der Waals surface area contributed by atoms with E-state index >= 15 is 0 Å². The summed E-state index contributed by atoms with van der Waals surface area (Å²) in [6.45, 7) is -0.244. The molecule has 292 valence electrons. The van der Waals surface area contributed by atoms with Crippen molar-refractivity contribution in [3.05, 3.63) is 0 Å². The molecule has 1 aliphatic carbocycles. The Hall–Kier alpha value is -1.29. The van der Waals surface area contributed by atoms with E-state index in [1.807, 2.05) is 0 Å². The van der Waals surface area contributed by atoms with Crippen LogP contribution in [0, 0.1) is 5.92 Å². The molecule has 3 saturated heterocycles. The fourth-order valence-electron chi connectivity index (χ4n) is 6.81. The van der Waals surface area contributed by atoms with Crippen LogP contribution in [0.5, 0.6) is 0 Å². The second-order valence-corrected chi connectivity index (χ2v) is 13.3. The van der Waals surface area contributed by atoms with Crippen molar-refractivity contribution in [2.24, 2.45) is 34.6 Å². The molecule has 0 radical (unpaired) electrons. The average Bonchev–Trinajstić information content (AvgIpc) is 3.39. The van der Waals surface area contributed by atoms with E-state index in [0.29, 0.717) is 31.0 Å². The molecule has 4 rings (SSSR count). The van der Waals surface area contributed by atoms with Gasteiger partial charge in [-0.2, -0.15) is 0 Å². The predicted octanol–water partition coefficient (Wildman–Crippen LogP) is -7.36. The van der Waals surface area contributed by atoms with Gasteiger partial charge in [0.2, 0.25) is 5.91 Å². The summed E-state index contributed by atoms with van der Waals surface area (Å²) in [6.07, 6.45) is -15.4. The lowest BCUT2D eigenvalue weighted by molar-refractivity contribution is -0.292. The fourth-order valence-corrected chi connectivity index (χ4v) is 6.81. The SMILES string of the molecule is NCCN(O)C(=O)C[C@@H]1C[C@H](N)[C@@H](O[C@H]2O[C@H](CNCCO)CC[C@H]2N)[C@H](O[C@@H]2O[C@H](CO)[C@@H](O[C@H]3O[C@@H](CN)[C@@H](O)[C@H](O)[C@H]3N)[C@H]2O)[C@H]1O. The third kappa shape index (κ3) is 9.82. The summed E-state index contributed by atoms with van der Waals surface area (Å²) < 4.78 is 35.9. The molecule has 4 fully saturated rings. The van der Waals surface area contributed by atoms with E-state index < -0.39 is 110 Å². The highest BCUT2D eigenvalue weighted by Gasteiger charge is 2.54. The van der Waals surface area contributed by atoms with Crippen LogP contribution in [0.4, 0.5) is 0 Å². The molecule has 0 aromatic carbocycles. The maximum atomic E-state index is 12.7. The quantitative estimate of drug-likeness (QED) is 0.0399. The van der Waals surface area contributed by atoms with Crippen LogP contribution in [0.2, 0.25) is 0 Å². The van der Waals surface area contributed by atoms with Crippen LogP contribution >= 0.6 is 0 Å². The van der Waals surface area contributed by atoms with Gasteiger partial charge in [-0.25, -0.2) is 5.06 Å². The molecule has 0 aromatic heterocycles. The van der Waals surface area contributed by atoms with Crippen molar-refractivity contribution >= 4 is 5.91 Å². The molecule has 0 spiro atoms. The normalized spacial score (nSPS) is 44.0. The molecule has 0 bridgehead atoms. The predicted molar refractivity (Wildman–Crippen MR) is 169 cm³/mol. The largest absolute Gasteiger partial charge is 0.395 e. The number of hydroxylamine groups is 2. The lowest BCUT2D eigenvalue weighted by Gasteiger charge is -2.46. The van der Waals surface area contributed by atoms with E-state index in [4.69, 9.17) is 62.2 Å². The fraction of sp³-hybridized carbons (Fsp3) is 0.966. The Labute approximate surface area is 289 Å². The van der Waals surface area contributed by atoms with Gasteiger partial charge in [0.25, 0.3) is 0 Å². The standard InChI is InChI=1S/C29H57N7O14/c30-3-5-36(44)18(39)8-12-7-15(33)24(48-27-14(32)2-1-13(45-27)10-35-4-6-37)26(20(12)40)50-29-23(43)25(17(11-38)47-29)49-28-19(34)22(42)21(41)16(9-31)46-28/h12-17,19-29,35,37-38,40-44H,1-11,30-34H2/t12-,13-,14+,15-,16-,17+,19+,20-,21+,22+,23+,24+,25+,26+,27+,28+,29-/m0/s1. The number of ether oxygens (including phenoxy) is 6. The van der Waals surface area contributed by atoms with Crippen molar-refractivity contribution < 1.29 is 69.1 Å². The zero-order chi connectivity index (χ0) is 36.7. The number of nitrogens with two attached hydrogens (primary N) is 5. The van der Waals surface area contributed by atoms with Crippen molar-refractivity contribution in [3.8, 4) is 0 Å². The topological polar surface area (TPSA) is 359 Å². The van der Waals surface area contributed by atoms with E-state index in [9.17, 15) is 35.5 Å². The van der Waals surface area contributed by atoms with Crippen molar-refractivity contribution in [2.75, 3.05) is 45.9 Å². The van der Waals surface area contributed by atoms with Gasteiger partial charge < -0.3 is 93.0 Å². The Kier molecular flexibility index (Phi) is 15.9. The van der Waals surface area contributed by atoms with E-state index in [-0.39, 0.29) is 45.2 Å². The highest BCUT2D eigenvalue weighted by molar-refractivity contribution is 5.75. The first-order chi connectivity index (χ1) is 23.8. The van der Waals surface area contributed by atoms with Gasteiger partial charge >= 0.3 is 0 Å². The molecule has 21 heteroatoms. The number of hydrogen-bond donors (Lipinski definition) is 13. The Morgan fingerprint density at radius 1 is 0.800 bits per heavy atom. The summed E-state index contributed by atoms with van der Waals surface area (Å²) >= 11 is 0. The summed E-state index contributed by atoms with van der Waals surface area (Å²) in [5, 5.41) is 76.5. The van der Waals surface area contributed by atoms with Gasteiger partial charge in [0.1, 0.15) is 48.8 Å². The van der Waals surface area contributed by atoms with Gasteiger partial charge in [-0.3, -0.25) is 10.0 Å². The Morgan fingerprint density at radius 3 is 2.14 bits per heavy atom. The molecule has 18 N–H and O–H groups in total. The van der Waals surface area contributed by atoms with Crippen molar-refractivity contribution in [1.82, 2.24) is 10.4 Å². The zero-order valence-electron chi connectivity index (χ0n) is 27.9. The van der Waals surface area contributed by atoms with Crippen LogP contribution in [0.15, 0.2) is 0 Å². The molecule has 0 unspecified atom stereocenters. The summed E-state index contributed by atoms with van der Waals surface area (Å²) in [5.74, 6) is -1.56. The van der Waals surface area contributed by atoms with E-state index in [1.165, 1.54) is 0 Å². The zero-order valence-corrected chi connectivity index (χ0v) is 27.9. The molecule has 0 aromatic rings. The van der Waals surface area contributed by atoms with Gasteiger partial charge in [0.05, 0.1) is 44.1 Å². The number of hydrogen-bond acceptors (Lipinski definition) is 20. The molecule has 50 heavy (non-hydrogen) atoms. The summed E-state index contributed by atoms with van der Waals surface area (Å²) in [7, 11) is 0. The summed E-state index contributed by atoms with van der Waals surface area (Å²) in [5.41, 5.74) is 30.1.